The van der Waals surface area contributed by atoms with Gasteiger partial charge in [-0.05, 0) is 11.4 Å². The molecule has 4 rings (SSSR count). The van der Waals surface area contributed by atoms with Crippen LogP contribution in [0.2, 0.25) is 0 Å². The minimum absolute atomic E-state index is 0.0671. The fourth-order valence-corrected chi connectivity index (χ4v) is 3.77. The van der Waals surface area contributed by atoms with Gasteiger partial charge in [-0.3, -0.25) is 4.57 Å². The molecule has 4 heterocycles. The molecule has 4 N–H and O–H groups in total. The third-order valence-corrected chi connectivity index (χ3v) is 5.20. The zero-order chi connectivity index (χ0) is 18.4. The quantitative estimate of drug-likeness (QED) is 0.574. The van der Waals surface area contributed by atoms with Crippen LogP contribution in [0.4, 0.5) is 10.3 Å². The molecule has 0 bridgehead atoms. The van der Waals surface area contributed by atoms with E-state index in [1.807, 2.05) is 17.5 Å². The number of imidazole rings is 1. The second kappa shape index (κ2) is 6.43. The first-order chi connectivity index (χ1) is 12.5. The van der Waals surface area contributed by atoms with E-state index in [0.717, 1.165) is 9.44 Å². The van der Waals surface area contributed by atoms with E-state index in [2.05, 4.69) is 9.97 Å². The second-order valence-electron chi connectivity index (χ2n) is 5.94. The number of halogens is 1. The number of nitrogens with zero attached hydrogens (tertiary/aromatic N) is 4. The van der Waals surface area contributed by atoms with Gasteiger partial charge < -0.3 is 20.7 Å². The van der Waals surface area contributed by atoms with Crippen molar-refractivity contribution < 1.29 is 19.3 Å². The predicted molar refractivity (Wildman–Crippen MR) is 91.5 cm³/mol. The van der Waals surface area contributed by atoms with Crippen LogP contribution in [-0.2, 0) is 11.3 Å². The van der Waals surface area contributed by atoms with Crippen LogP contribution in [0.15, 0.2) is 28.5 Å². The summed E-state index contributed by atoms with van der Waals surface area (Å²) in [5.74, 6) is -0.0671. The topological polar surface area (TPSA) is 128 Å². The average molecular weight is 381 g/mol. The van der Waals surface area contributed by atoms with Gasteiger partial charge in [0.25, 0.3) is 0 Å². The van der Waals surface area contributed by atoms with Crippen molar-refractivity contribution in [3.63, 3.8) is 0 Å². The first-order valence-corrected chi connectivity index (χ1v) is 8.73. The van der Waals surface area contributed by atoms with E-state index < -0.39 is 36.9 Å². The minimum Gasteiger partial charge on any atom is -0.394 e. The fourth-order valence-electron chi connectivity index (χ4n) is 3.08. The van der Waals surface area contributed by atoms with Crippen molar-refractivity contribution in [3.05, 3.63) is 39.1 Å². The van der Waals surface area contributed by atoms with Crippen LogP contribution in [0, 0.1) is 0 Å². The lowest BCUT2D eigenvalue weighted by atomic mass is 10.1. The third kappa shape index (κ3) is 2.60. The fraction of sp³-hybridized carbons (Fsp3) is 0.400. The van der Waals surface area contributed by atoms with Crippen LogP contribution >= 0.6 is 11.3 Å². The molecule has 4 atom stereocenters. The van der Waals surface area contributed by atoms with E-state index in [-0.39, 0.29) is 18.1 Å². The van der Waals surface area contributed by atoms with Gasteiger partial charge >= 0.3 is 5.69 Å². The van der Waals surface area contributed by atoms with Crippen LogP contribution in [0.25, 0.3) is 11.2 Å². The van der Waals surface area contributed by atoms with E-state index in [0.29, 0.717) is 5.52 Å². The van der Waals surface area contributed by atoms with Gasteiger partial charge in [0.1, 0.15) is 17.7 Å². The van der Waals surface area contributed by atoms with Crippen LogP contribution in [-0.4, -0.2) is 54.3 Å². The highest BCUT2D eigenvalue weighted by molar-refractivity contribution is 7.09. The zero-order valence-electron chi connectivity index (χ0n) is 13.4. The molecule has 0 aromatic carbocycles. The molecule has 1 saturated heterocycles. The van der Waals surface area contributed by atoms with Crippen LogP contribution in [0.5, 0.6) is 0 Å². The van der Waals surface area contributed by atoms with E-state index >= 15 is 0 Å². The molecule has 3 aromatic heterocycles. The van der Waals surface area contributed by atoms with Crippen molar-refractivity contribution in [2.24, 2.45) is 0 Å². The SMILES string of the molecule is Nc1ncc2c(n1)n([C@@H]1O[C@H](CO)[C@@H](F)[C@H]1O)c(=O)n2Cc1cccs1. The summed E-state index contributed by atoms with van der Waals surface area (Å²) in [6.07, 6.45) is -4.59. The van der Waals surface area contributed by atoms with Gasteiger partial charge in [-0.25, -0.2) is 18.7 Å². The van der Waals surface area contributed by atoms with Crippen molar-refractivity contribution in [1.82, 2.24) is 19.1 Å². The number of aliphatic hydroxyl groups is 2. The van der Waals surface area contributed by atoms with Gasteiger partial charge in [0.2, 0.25) is 5.95 Å². The Balaban J connectivity index is 1.88. The van der Waals surface area contributed by atoms with Gasteiger partial charge in [-0.1, -0.05) is 6.07 Å². The number of nitrogen functional groups attached to an aromatic ring is 1. The lowest BCUT2D eigenvalue weighted by Crippen LogP contribution is -2.34. The molecule has 0 radical (unpaired) electrons. The number of rotatable bonds is 4. The Bertz CT molecular complexity index is 988. The molecule has 11 heteroatoms. The van der Waals surface area contributed by atoms with E-state index in [1.165, 1.54) is 22.1 Å². The molecule has 1 aliphatic rings. The first kappa shape index (κ1) is 17.1. The number of thiophene rings is 1. The number of anilines is 1. The number of nitrogens with two attached hydrogens (primary N) is 1. The molecular formula is C15H16FN5O4S. The van der Waals surface area contributed by atoms with Gasteiger partial charge in [-0.2, -0.15) is 4.98 Å². The molecule has 0 unspecified atom stereocenters. The number of fused-ring (bicyclic) bond motifs is 1. The van der Waals surface area contributed by atoms with Gasteiger partial charge in [0.05, 0.1) is 19.3 Å². The molecule has 0 spiro atoms. The number of hydrogen-bond acceptors (Lipinski definition) is 8. The highest BCUT2D eigenvalue weighted by atomic mass is 32.1. The first-order valence-electron chi connectivity index (χ1n) is 7.85. The third-order valence-electron chi connectivity index (χ3n) is 4.34. The van der Waals surface area contributed by atoms with Crippen LogP contribution in [0.1, 0.15) is 11.1 Å². The summed E-state index contributed by atoms with van der Waals surface area (Å²) < 4.78 is 22.0. The lowest BCUT2D eigenvalue weighted by molar-refractivity contribution is -0.0513. The smallest absolute Gasteiger partial charge is 0.332 e. The second-order valence-corrected chi connectivity index (χ2v) is 6.97. The summed E-state index contributed by atoms with van der Waals surface area (Å²) in [6.45, 7) is -0.354. The Morgan fingerprint density at radius 3 is 2.92 bits per heavy atom. The Kier molecular flexibility index (Phi) is 4.23. The molecule has 0 saturated carbocycles. The Labute approximate surface area is 150 Å². The van der Waals surface area contributed by atoms with Gasteiger partial charge in [0.15, 0.2) is 18.0 Å². The number of aromatic nitrogens is 4. The van der Waals surface area contributed by atoms with Gasteiger partial charge in [0, 0.05) is 4.88 Å². The maximum atomic E-state index is 14.1. The summed E-state index contributed by atoms with van der Waals surface area (Å²) in [5.41, 5.74) is 5.62. The average Bonchev–Trinajstić information content (AvgIpc) is 3.30. The Morgan fingerprint density at radius 1 is 1.46 bits per heavy atom. The number of alkyl halides is 1. The molecule has 1 fully saturated rings. The number of ether oxygens (including phenoxy) is 1. The maximum Gasteiger partial charge on any atom is 0.332 e. The van der Waals surface area contributed by atoms with Crippen molar-refractivity contribution in [2.75, 3.05) is 12.3 Å². The molecule has 0 amide bonds. The standard InChI is InChI=1S/C15H16FN5O4S/c16-10-9(6-22)25-13(11(10)23)21-12-8(4-18-14(17)19-12)20(15(21)24)5-7-2-1-3-26-7/h1-4,9-11,13,22-23H,5-6H2,(H2,17,18,19)/t9-,10-,11-,13-/m1/s1. The van der Waals surface area contributed by atoms with E-state index in [1.54, 1.807) is 0 Å². The summed E-state index contributed by atoms with van der Waals surface area (Å²) >= 11 is 1.48. The van der Waals surface area contributed by atoms with Crippen LogP contribution in [0.3, 0.4) is 0 Å². The molecule has 26 heavy (non-hydrogen) atoms. The number of aliphatic hydroxyl groups excluding tert-OH is 2. The summed E-state index contributed by atoms with van der Waals surface area (Å²) in [5, 5.41) is 21.3. The molecule has 3 aromatic rings. The lowest BCUT2D eigenvalue weighted by Gasteiger charge is -2.15. The Morgan fingerprint density at radius 2 is 2.27 bits per heavy atom. The molecule has 0 aliphatic carbocycles. The maximum absolute atomic E-state index is 14.1. The highest BCUT2D eigenvalue weighted by Crippen LogP contribution is 2.32. The normalized spacial score (nSPS) is 26.0. The largest absolute Gasteiger partial charge is 0.394 e. The number of hydrogen-bond donors (Lipinski definition) is 3. The summed E-state index contributed by atoms with van der Waals surface area (Å²) in [4.78, 5) is 21.9. The minimum atomic E-state index is -1.83. The molecule has 1 aliphatic heterocycles. The monoisotopic (exact) mass is 381 g/mol. The molecule has 9 nitrogen and oxygen atoms in total. The predicted octanol–water partition coefficient (Wildman–Crippen LogP) is -0.126. The highest BCUT2D eigenvalue weighted by Gasteiger charge is 2.46. The summed E-state index contributed by atoms with van der Waals surface area (Å²) in [6, 6.07) is 3.74. The van der Waals surface area contributed by atoms with Crippen molar-refractivity contribution in [3.8, 4) is 0 Å². The van der Waals surface area contributed by atoms with Crippen molar-refractivity contribution in [2.45, 2.75) is 31.2 Å². The van der Waals surface area contributed by atoms with E-state index in [9.17, 15) is 19.4 Å². The van der Waals surface area contributed by atoms with Crippen LogP contribution < -0.4 is 11.4 Å². The van der Waals surface area contributed by atoms with Crippen molar-refractivity contribution >= 4 is 28.4 Å². The molecular weight excluding hydrogens is 365 g/mol. The van der Waals surface area contributed by atoms with Crippen molar-refractivity contribution in [1.29, 1.82) is 0 Å². The molecule has 138 valence electrons. The zero-order valence-corrected chi connectivity index (χ0v) is 14.2. The van der Waals surface area contributed by atoms with Gasteiger partial charge in [-0.15, -0.1) is 11.3 Å². The van der Waals surface area contributed by atoms with E-state index in [4.69, 9.17) is 10.5 Å². The summed E-state index contributed by atoms with van der Waals surface area (Å²) in [7, 11) is 0. The Hall–Kier alpha value is -2.34.